The van der Waals surface area contributed by atoms with E-state index in [4.69, 9.17) is 11.6 Å². The maximum atomic E-state index is 13.1. The fourth-order valence-electron chi connectivity index (χ4n) is 3.02. The van der Waals surface area contributed by atoms with Crippen LogP contribution in [0.2, 0.25) is 5.02 Å². The van der Waals surface area contributed by atoms with E-state index in [2.05, 4.69) is 5.32 Å². The fourth-order valence-corrected chi connectivity index (χ4v) is 3.36. The molecule has 0 aliphatic heterocycles. The molecule has 2 rings (SSSR count). The summed E-state index contributed by atoms with van der Waals surface area (Å²) in [6, 6.07) is 4.55. The average molecular weight is 300 g/mol. The van der Waals surface area contributed by atoms with Crippen LogP contribution in [-0.4, -0.2) is 18.3 Å². The molecule has 1 atom stereocenters. The van der Waals surface area contributed by atoms with Crippen LogP contribution in [0.4, 0.5) is 4.39 Å². The molecule has 1 aliphatic carbocycles. The molecule has 0 aromatic heterocycles. The van der Waals surface area contributed by atoms with Crippen molar-refractivity contribution in [3.63, 3.8) is 0 Å². The van der Waals surface area contributed by atoms with Gasteiger partial charge in [-0.3, -0.25) is 0 Å². The summed E-state index contributed by atoms with van der Waals surface area (Å²) in [5.41, 5.74) is 0.899. The number of nitrogens with one attached hydrogen (secondary N) is 1. The summed E-state index contributed by atoms with van der Waals surface area (Å²) in [7, 11) is 0. The predicted molar refractivity (Wildman–Crippen MR) is 80.4 cm³/mol. The predicted octanol–water partition coefficient (Wildman–Crippen LogP) is 4.07. The van der Waals surface area contributed by atoms with Gasteiger partial charge in [0.15, 0.2) is 0 Å². The second-order valence-corrected chi connectivity index (χ2v) is 6.39. The van der Waals surface area contributed by atoms with Crippen LogP contribution >= 0.6 is 11.6 Å². The van der Waals surface area contributed by atoms with E-state index in [9.17, 15) is 9.50 Å². The van der Waals surface area contributed by atoms with E-state index in [1.54, 1.807) is 6.07 Å². The van der Waals surface area contributed by atoms with Gasteiger partial charge < -0.3 is 10.4 Å². The summed E-state index contributed by atoms with van der Waals surface area (Å²) in [5.74, 6) is -0.315. The smallest absolute Gasteiger partial charge is 0.124 e. The molecule has 0 radical (unpaired) electrons. The summed E-state index contributed by atoms with van der Waals surface area (Å²) >= 11 is 6.09. The molecule has 0 saturated heterocycles. The molecule has 20 heavy (non-hydrogen) atoms. The first kappa shape index (κ1) is 15.7. The summed E-state index contributed by atoms with van der Waals surface area (Å²) in [5, 5.41) is 13.6. The van der Waals surface area contributed by atoms with Crippen molar-refractivity contribution in [3.05, 3.63) is 34.6 Å². The zero-order valence-corrected chi connectivity index (χ0v) is 12.7. The summed E-state index contributed by atoms with van der Waals surface area (Å²) < 4.78 is 13.1. The second kappa shape index (κ2) is 6.88. The van der Waals surface area contributed by atoms with Gasteiger partial charge in [-0.15, -0.1) is 0 Å². The minimum atomic E-state index is -0.315. The highest BCUT2D eigenvalue weighted by molar-refractivity contribution is 6.31. The van der Waals surface area contributed by atoms with Crippen LogP contribution < -0.4 is 5.32 Å². The molecule has 1 aromatic rings. The van der Waals surface area contributed by atoms with Gasteiger partial charge in [-0.25, -0.2) is 4.39 Å². The topological polar surface area (TPSA) is 32.3 Å². The van der Waals surface area contributed by atoms with Gasteiger partial charge >= 0.3 is 0 Å². The Morgan fingerprint density at radius 3 is 2.65 bits per heavy atom. The second-order valence-electron chi connectivity index (χ2n) is 5.99. The molecule has 0 heterocycles. The van der Waals surface area contributed by atoms with Gasteiger partial charge in [-0.05, 0) is 37.5 Å². The highest BCUT2D eigenvalue weighted by Gasteiger charge is 2.31. The zero-order valence-electron chi connectivity index (χ0n) is 12.0. The van der Waals surface area contributed by atoms with Gasteiger partial charge in [-0.1, -0.05) is 36.9 Å². The number of aliphatic hydroxyl groups is 1. The molecule has 1 fully saturated rings. The van der Waals surface area contributed by atoms with E-state index < -0.39 is 0 Å². The number of aliphatic hydroxyl groups excluding tert-OH is 1. The van der Waals surface area contributed by atoms with Crippen molar-refractivity contribution in [3.8, 4) is 0 Å². The fraction of sp³-hybridized carbons (Fsp3) is 0.625. The van der Waals surface area contributed by atoms with Crippen molar-refractivity contribution in [2.75, 3.05) is 13.2 Å². The van der Waals surface area contributed by atoms with Gasteiger partial charge in [0.1, 0.15) is 5.82 Å². The number of hydrogen-bond donors (Lipinski definition) is 2. The van der Waals surface area contributed by atoms with E-state index in [0.29, 0.717) is 5.02 Å². The molecular formula is C16H23ClFNO. The molecule has 2 nitrogen and oxygen atoms in total. The third-order valence-corrected chi connectivity index (χ3v) is 4.79. The molecule has 0 amide bonds. The van der Waals surface area contributed by atoms with Crippen LogP contribution in [-0.2, 0) is 0 Å². The summed E-state index contributed by atoms with van der Waals surface area (Å²) in [4.78, 5) is 0. The molecule has 112 valence electrons. The van der Waals surface area contributed by atoms with Gasteiger partial charge in [-0.2, -0.15) is 0 Å². The lowest BCUT2D eigenvalue weighted by Crippen LogP contribution is -2.40. The SMILES string of the molecule is CC(NCC1(CO)CCCCC1)c1ccc(F)cc1Cl. The molecule has 1 saturated carbocycles. The third-order valence-electron chi connectivity index (χ3n) is 4.46. The van der Waals surface area contributed by atoms with Crippen LogP contribution in [0.1, 0.15) is 50.6 Å². The first-order chi connectivity index (χ1) is 9.56. The van der Waals surface area contributed by atoms with Gasteiger partial charge in [0.2, 0.25) is 0 Å². The zero-order chi connectivity index (χ0) is 14.6. The largest absolute Gasteiger partial charge is 0.396 e. The highest BCUT2D eigenvalue weighted by Crippen LogP contribution is 2.36. The van der Waals surface area contributed by atoms with Crippen LogP contribution in [0, 0.1) is 11.2 Å². The Balaban J connectivity index is 1.98. The molecule has 1 aromatic carbocycles. The van der Waals surface area contributed by atoms with E-state index in [0.717, 1.165) is 24.9 Å². The first-order valence-corrected chi connectivity index (χ1v) is 7.73. The van der Waals surface area contributed by atoms with Crippen molar-refractivity contribution in [1.29, 1.82) is 0 Å². The Kier molecular flexibility index (Phi) is 5.42. The van der Waals surface area contributed by atoms with E-state index in [-0.39, 0.29) is 23.9 Å². The van der Waals surface area contributed by atoms with Crippen molar-refractivity contribution >= 4 is 11.6 Å². The first-order valence-electron chi connectivity index (χ1n) is 7.35. The van der Waals surface area contributed by atoms with Crippen molar-refractivity contribution in [1.82, 2.24) is 5.32 Å². The van der Waals surface area contributed by atoms with Crippen molar-refractivity contribution < 1.29 is 9.50 Å². The molecule has 0 bridgehead atoms. The van der Waals surface area contributed by atoms with Crippen molar-refractivity contribution in [2.45, 2.75) is 45.1 Å². The molecular weight excluding hydrogens is 277 g/mol. The van der Waals surface area contributed by atoms with Gasteiger partial charge in [0.05, 0.1) is 0 Å². The molecule has 2 N–H and O–H groups in total. The molecule has 1 aliphatic rings. The Labute approximate surface area is 125 Å². The lowest BCUT2D eigenvalue weighted by molar-refractivity contribution is 0.0789. The number of hydrogen-bond acceptors (Lipinski definition) is 2. The Bertz CT molecular complexity index is 446. The van der Waals surface area contributed by atoms with Crippen LogP contribution in [0.3, 0.4) is 0 Å². The highest BCUT2D eigenvalue weighted by atomic mass is 35.5. The van der Waals surface area contributed by atoms with E-state index in [1.165, 1.54) is 31.4 Å². The van der Waals surface area contributed by atoms with E-state index >= 15 is 0 Å². The maximum absolute atomic E-state index is 13.1. The number of rotatable bonds is 5. The summed E-state index contributed by atoms with van der Waals surface area (Å²) in [6.07, 6.45) is 5.78. The maximum Gasteiger partial charge on any atom is 0.124 e. The summed E-state index contributed by atoms with van der Waals surface area (Å²) in [6.45, 7) is 3.02. The minimum absolute atomic E-state index is 0.000976. The normalized spacial score (nSPS) is 19.8. The average Bonchev–Trinajstić information content (AvgIpc) is 2.46. The third kappa shape index (κ3) is 3.72. The molecule has 1 unspecified atom stereocenters. The Hall–Kier alpha value is -0.640. The lowest BCUT2D eigenvalue weighted by atomic mass is 9.74. The monoisotopic (exact) mass is 299 g/mol. The number of benzene rings is 1. The van der Waals surface area contributed by atoms with E-state index in [1.807, 2.05) is 6.92 Å². The van der Waals surface area contributed by atoms with Gasteiger partial charge in [0.25, 0.3) is 0 Å². The van der Waals surface area contributed by atoms with Crippen LogP contribution in [0.15, 0.2) is 18.2 Å². The van der Waals surface area contributed by atoms with Gasteiger partial charge in [0, 0.05) is 29.6 Å². The lowest BCUT2D eigenvalue weighted by Gasteiger charge is -2.36. The quantitative estimate of drug-likeness (QED) is 0.859. The Morgan fingerprint density at radius 1 is 1.35 bits per heavy atom. The van der Waals surface area contributed by atoms with Crippen LogP contribution in [0.5, 0.6) is 0 Å². The Morgan fingerprint density at radius 2 is 2.05 bits per heavy atom. The minimum Gasteiger partial charge on any atom is -0.396 e. The van der Waals surface area contributed by atoms with Crippen molar-refractivity contribution in [2.24, 2.45) is 5.41 Å². The van der Waals surface area contributed by atoms with Crippen LogP contribution in [0.25, 0.3) is 0 Å². The number of halogens is 2. The molecule has 4 heteroatoms. The standard InChI is InChI=1S/C16H23ClFNO/c1-12(14-6-5-13(18)9-15(14)17)19-10-16(11-20)7-3-2-4-8-16/h5-6,9,12,19-20H,2-4,7-8,10-11H2,1H3. The molecule has 0 spiro atoms.